The van der Waals surface area contributed by atoms with Gasteiger partial charge in [-0.25, -0.2) is 0 Å². The molecular weight excluding hydrogens is 468 g/mol. The third kappa shape index (κ3) is 5.34. The van der Waals surface area contributed by atoms with Gasteiger partial charge in [-0.05, 0) is 29.3 Å². The number of para-hydroxylation sites is 1. The highest BCUT2D eigenvalue weighted by molar-refractivity contribution is 6.33. The van der Waals surface area contributed by atoms with E-state index in [0.717, 1.165) is 11.8 Å². The van der Waals surface area contributed by atoms with Crippen LogP contribution in [-0.2, 0) is 0 Å². The molecule has 0 amide bonds. The average molecular weight is 487 g/mol. The molecule has 0 spiro atoms. The van der Waals surface area contributed by atoms with Gasteiger partial charge in [-0.1, -0.05) is 90.5 Å². The Kier molecular flexibility index (Phi) is 7.13. The number of anilines is 1. The summed E-state index contributed by atoms with van der Waals surface area (Å²) in [6.45, 7) is 0. The molecule has 1 unspecified atom stereocenters. The van der Waals surface area contributed by atoms with Gasteiger partial charge in [0.1, 0.15) is 5.02 Å². The third-order valence-electron chi connectivity index (χ3n) is 5.36. The van der Waals surface area contributed by atoms with Crippen LogP contribution in [0.2, 0.25) is 5.02 Å². The second kappa shape index (κ2) is 10.6. The normalized spacial score (nSPS) is 12.1. The molecule has 1 N–H and O–H groups in total. The summed E-state index contributed by atoms with van der Waals surface area (Å²) < 4.78 is 0. The molecule has 0 aliphatic heterocycles. The highest BCUT2D eigenvalue weighted by Gasteiger charge is 2.32. The lowest BCUT2D eigenvalue weighted by atomic mass is 9.83. The minimum Gasteiger partial charge on any atom is -0.278 e. The number of nitro groups is 2. The molecule has 0 aliphatic carbocycles. The van der Waals surface area contributed by atoms with Crippen LogP contribution < -0.4 is 5.43 Å². The number of nitrogens with one attached hydrogen (secondary N) is 1. The number of rotatable bonds is 8. The van der Waals surface area contributed by atoms with Gasteiger partial charge in [-0.2, -0.15) is 5.10 Å². The molecule has 4 aromatic rings. The topological polar surface area (TPSA) is 111 Å². The van der Waals surface area contributed by atoms with Crippen LogP contribution in [0.5, 0.6) is 0 Å². The monoisotopic (exact) mass is 486 g/mol. The SMILES string of the molecule is O=[N+]([O-])c1cc([N+](=O)[O-])c(C(C(=NNc2ccccc2)c2ccccc2)c2ccccc2)cc1Cl. The Morgan fingerprint density at radius 2 is 1.31 bits per heavy atom. The molecule has 0 aromatic heterocycles. The van der Waals surface area contributed by atoms with E-state index in [0.29, 0.717) is 16.8 Å². The number of hydrogen-bond acceptors (Lipinski definition) is 6. The first-order chi connectivity index (χ1) is 17.0. The van der Waals surface area contributed by atoms with Crippen LogP contribution in [0, 0.1) is 20.2 Å². The van der Waals surface area contributed by atoms with E-state index in [9.17, 15) is 20.2 Å². The fourth-order valence-electron chi connectivity index (χ4n) is 3.77. The zero-order valence-corrected chi connectivity index (χ0v) is 19.0. The van der Waals surface area contributed by atoms with E-state index in [1.165, 1.54) is 6.07 Å². The fraction of sp³-hybridized carbons (Fsp3) is 0.0385. The summed E-state index contributed by atoms with van der Waals surface area (Å²) >= 11 is 6.24. The van der Waals surface area contributed by atoms with Gasteiger partial charge in [0.15, 0.2) is 0 Å². The van der Waals surface area contributed by atoms with Crippen LogP contribution in [0.3, 0.4) is 0 Å². The van der Waals surface area contributed by atoms with Gasteiger partial charge in [-0.15, -0.1) is 0 Å². The van der Waals surface area contributed by atoms with Crippen LogP contribution in [0.1, 0.15) is 22.6 Å². The lowest BCUT2D eigenvalue weighted by Gasteiger charge is -2.21. The van der Waals surface area contributed by atoms with E-state index >= 15 is 0 Å². The number of nitro benzene ring substituents is 2. The molecule has 0 radical (unpaired) electrons. The number of nitrogens with zero attached hydrogens (tertiary/aromatic N) is 3. The molecule has 0 fully saturated rings. The van der Waals surface area contributed by atoms with Crippen LogP contribution in [0.15, 0.2) is 108 Å². The molecule has 0 aliphatic rings. The number of halogens is 1. The van der Waals surface area contributed by atoms with E-state index < -0.39 is 27.1 Å². The smallest absolute Gasteiger partial charge is 0.278 e. The van der Waals surface area contributed by atoms with Gasteiger partial charge in [0.2, 0.25) is 0 Å². The maximum Gasteiger partial charge on any atom is 0.294 e. The van der Waals surface area contributed by atoms with Crippen molar-refractivity contribution in [3.05, 3.63) is 145 Å². The van der Waals surface area contributed by atoms with Gasteiger partial charge >= 0.3 is 0 Å². The van der Waals surface area contributed by atoms with E-state index in [2.05, 4.69) is 10.5 Å². The second-order valence-corrected chi connectivity index (χ2v) is 7.97. The Morgan fingerprint density at radius 3 is 1.89 bits per heavy atom. The first kappa shape index (κ1) is 23.6. The minimum atomic E-state index is -0.756. The summed E-state index contributed by atoms with van der Waals surface area (Å²) in [5, 5.41) is 28.0. The Morgan fingerprint density at radius 1 is 0.771 bits per heavy atom. The molecule has 0 saturated heterocycles. The van der Waals surface area contributed by atoms with Crippen molar-refractivity contribution in [1.82, 2.24) is 0 Å². The van der Waals surface area contributed by atoms with Crippen molar-refractivity contribution >= 4 is 34.4 Å². The Balaban J connectivity index is 1.99. The van der Waals surface area contributed by atoms with Crippen molar-refractivity contribution in [3.63, 3.8) is 0 Å². The summed E-state index contributed by atoms with van der Waals surface area (Å²) in [5.41, 5.74) is 4.90. The standard InChI is InChI=1S/C26H19ClN4O4/c27-22-16-21(23(30(32)33)17-24(22)31(34)35)25(18-10-4-1-5-11-18)26(19-12-6-2-7-13-19)29-28-20-14-8-3-9-15-20/h1-17,25,28H. The van der Waals surface area contributed by atoms with E-state index in [1.807, 2.05) is 91.0 Å². The predicted octanol–water partition coefficient (Wildman–Crippen LogP) is 6.80. The van der Waals surface area contributed by atoms with E-state index in [-0.39, 0.29) is 10.6 Å². The Bertz CT molecular complexity index is 1380. The lowest BCUT2D eigenvalue weighted by molar-refractivity contribution is -0.394. The van der Waals surface area contributed by atoms with Gasteiger partial charge < -0.3 is 0 Å². The number of hydrogen-bond donors (Lipinski definition) is 1. The zero-order valence-electron chi connectivity index (χ0n) is 18.2. The molecule has 0 saturated carbocycles. The first-order valence-corrected chi connectivity index (χ1v) is 10.9. The summed E-state index contributed by atoms with van der Waals surface area (Å²) in [7, 11) is 0. The first-order valence-electron chi connectivity index (χ1n) is 10.6. The Hall–Kier alpha value is -4.56. The van der Waals surface area contributed by atoms with Gasteiger partial charge in [0.25, 0.3) is 11.4 Å². The maximum absolute atomic E-state index is 12.1. The van der Waals surface area contributed by atoms with Crippen molar-refractivity contribution in [2.45, 2.75) is 5.92 Å². The van der Waals surface area contributed by atoms with Crippen LogP contribution in [0.4, 0.5) is 17.1 Å². The molecule has 8 nitrogen and oxygen atoms in total. The molecule has 4 aromatic carbocycles. The van der Waals surface area contributed by atoms with Crippen LogP contribution in [0.25, 0.3) is 0 Å². The van der Waals surface area contributed by atoms with E-state index in [1.54, 1.807) is 0 Å². The number of hydrazone groups is 1. The largest absolute Gasteiger partial charge is 0.294 e. The lowest BCUT2D eigenvalue weighted by Crippen LogP contribution is -2.19. The Labute approximate surface area is 205 Å². The molecule has 35 heavy (non-hydrogen) atoms. The molecule has 174 valence electrons. The molecular formula is C26H19ClN4O4. The quantitative estimate of drug-likeness (QED) is 0.167. The fourth-order valence-corrected chi connectivity index (χ4v) is 4.01. The third-order valence-corrected chi connectivity index (χ3v) is 5.66. The highest BCUT2D eigenvalue weighted by Crippen LogP contribution is 2.40. The van der Waals surface area contributed by atoms with Crippen molar-refractivity contribution in [1.29, 1.82) is 0 Å². The molecule has 1 atom stereocenters. The average Bonchev–Trinajstić information content (AvgIpc) is 2.87. The van der Waals surface area contributed by atoms with Crippen molar-refractivity contribution in [3.8, 4) is 0 Å². The minimum absolute atomic E-state index is 0.189. The summed E-state index contributed by atoms with van der Waals surface area (Å²) in [6, 6.07) is 29.8. The highest BCUT2D eigenvalue weighted by atomic mass is 35.5. The summed E-state index contributed by atoms with van der Waals surface area (Å²) in [4.78, 5) is 22.1. The second-order valence-electron chi connectivity index (χ2n) is 7.56. The van der Waals surface area contributed by atoms with Crippen LogP contribution in [-0.4, -0.2) is 15.6 Å². The molecule has 0 heterocycles. The predicted molar refractivity (Wildman–Crippen MR) is 136 cm³/mol. The molecule has 4 rings (SSSR count). The number of benzene rings is 4. The van der Waals surface area contributed by atoms with Gasteiger partial charge in [0.05, 0.1) is 33.2 Å². The molecule has 9 heteroatoms. The maximum atomic E-state index is 12.1. The van der Waals surface area contributed by atoms with Crippen LogP contribution >= 0.6 is 11.6 Å². The molecule has 0 bridgehead atoms. The summed E-state index contributed by atoms with van der Waals surface area (Å²) in [5.74, 6) is -0.756. The van der Waals surface area contributed by atoms with E-state index in [4.69, 9.17) is 11.6 Å². The van der Waals surface area contributed by atoms with Crippen molar-refractivity contribution in [2.75, 3.05) is 5.43 Å². The van der Waals surface area contributed by atoms with Gasteiger partial charge in [0, 0.05) is 5.56 Å². The van der Waals surface area contributed by atoms with Gasteiger partial charge in [-0.3, -0.25) is 25.7 Å². The van der Waals surface area contributed by atoms with Crippen molar-refractivity contribution in [2.24, 2.45) is 5.10 Å². The van der Waals surface area contributed by atoms with Crippen molar-refractivity contribution < 1.29 is 9.85 Å². The zero-order chi connectivity index (χ0) is 24.8. The summed E-state index contributed by atoms with van der Waals surface area (Å²) in [6.07, 6.45) is 0.